The van der Waals surface area contributed by atoms with E-state index in [1.807, 2.05) is 13.0 Å². The lowest BCUT2D eigenvalue weighted by atomic mass is 10.2. The van der Waals surface area contributed by atoms with E-state index < -0.39 is 18.0 Å². The van der Waals surface area contributed by atoms with Gasteiger partial charge in [-0.25, -0.2) is 10.2 Å². The Morgan fingerprint density at radius 2 is 2.00 bits per heavy atom. The van der Waals surface area contributed by atoms with Crippen LogP contribution in [0.2, 0.25) is 5.02 Å². The molecule has 1 aromatic carbocycles. The summed E-state index contributed by atoms with van der Waals surface area (Å²) in [6, 6.07) is 6.03. The van der Waals surface area contributed by atoms with E-state index in [2.05, 4.69) is 16.2 Å². The fourth-order valence-electron chi connectivity index (χ4n) is 1.51. The van der Waals surface area contributed by atoms with Crippen molar-refractivity contribution in [3.63, 3.8) is 0 Å². The van der Waals surface area contributed by atoms with Crippen molar-refractivity contribution >= 4 is 23.5 Å². The summed E-state index contributed by atoms with van der Waals surface area (Å²) in [7, 11) is 0. The molecule has 3 amide bonds. The maximum Gasteiger partial charge on any atom is 0.333 e. The molecular weight excluding hydrogens is 280 g/mol. The zero-order chi connectivity index (χ0) is 15.0. The number of nitrogens with one attached hydrogen (secondary N) is 3. The molecule has 0 saturated heterocycles. The van der Waals surface area contributed by atoms with Crippen molar-refractivity contribution in [2.45, 2.75) is 32.4 Å². The van der Waals surface area contributed by atoms with Crippen LogP contribution in [0.15, 0.2) is 24.3 Å². The highest BCUT2D eigenvalue weighted by Crippen LogP contribution is 2.13. The molecule has 0 bridgehead atoms. The van der Waals surface area contributed by atoms with Gasteiger partial charge < -0.3 is 11.1 Å². The molecule has 1 aromatic rings. The second-order valence-corrected chi connectivity index (χ2v) is 4.69. The third kappa shape index (κ3) is 5.46. The lowest BCUT2D eigenvalue weighted by Gasteiger charge is -2.13. The lowest BCUT2D eigenvalue weighted by Crippen LogP contribution is -2.51. The van der Waals surface area contributed by atoms with E-state index in [1.165, 1.54) is 0 Å². The highest BCUT2D eigenvalue weighted by molar-refractivity contribution is 6.31. The van der Waals surface area contributed by atoms with Gasteiger partial charge in [0.15, 0.2) is 0 Å². The number of carbonyl (C=O) groups is 2. The Morgan fingerprint density at radius 3 is 2.65 bits per heavy atom. The predicted octanol–water partition coefficient (Wildman–Crippen LogP) is 1.30. The molecule has 0 aliphatic rings. The molecule has 5 N–H and O–H groups in total. The van der Waals surface area contributed by atoms with E-state index in [9.17, 15) is 9.59 Å². The normalized spacial score (nSPS) is 11.6. The number of hydrazine groups is 1. The Hall–Kier alpha value is -1.79. The van der Waals surface area contributed by atoms with Crippen LogP contribution in [0.4, 0.5) is 4.79 Å². The van der Waals surface area contributed by atoms with Crippen molar-refractivity contribution in [3.8, 4) is 0 Å². The maximum atomic E-state index is 11.5. The van der Waals surface area contributed by atoms with Crippen LogP contribution in [0.5, 0.6) is 0 Å². The molecule has 7 heteroatoms. The van der Waals surface area contributed by atoms with E-state index in [0.717, 1.165) is 12.0 Å². The largest absolute Gasteiger partial charge is 0.333 e. The highest BCUT2D eigenvalue weighted by atomic mass is 35.5. The van der Waals surface area contributed by atoms with Gasteiger partial charge in [0.25, 0.3) is 5.91 Å². The van der Waals surface area contributed by atoms with Gasteiger partial charge in [0.05, 0.1) is 6.04 Å². The number of nitrogens with two attached hydrogens (primary N) is 1. The monoisotopic (exact) mass is 298 g/mol. The number of rotatable bonds is 5. The van der Waals surface area contributed by atoms with Gasteiger partial charge in [-0.2, -0.15) is 0 Å². The van der Waals surface area contributed by atoms with Crippen molar-refractivity contribution in [2.75, 3.05) is 0 Å². The maximum absolute atomic E-state index is 11.5. The number of amides is 3. The van der Waals surface area contributed by atoms with Crippen molar-refractivity contribution in [2.24, 2.45) is 5.73 Å². The van der Waals surface area contributed by atoms with Crippen LogP contribution in [0.1, 0.15) is 25.3 Å². The van der Waals surface area contributed by atoms with Gasteiger partial charge in [-0.05, 0) is 18.1 Å². The first-order chi connectivity index (χ1) is 9.54. The predicted molar refractivity (Wildman–Crippen MR) is 77.8 cm³/mol. The molecule has 20 heavy (non-hydrogen) atoms. The molecule has 0 saturated carbocycles. The van der Waals surface area contributed by atoms with Crippen LogP contribution in [-0.4, -0.2) is 18.0 Å². The van der Waals surface area contributed by atoms with E-state index in [1.54, 1.807) is 18.2 Å². The number of carbonyl (C=O) groups excluding carboxylic acids is 2. The summed E-state index contributed by atoms with van der Waals surface area (Å²) in [6.45, 7) is 2.19. The first-order valence-corrected chi connectivity index (χ1v) is 6.75. The van der Waals surface area contributed by atoms with E-state index in [0.29, 0.717) is 11.4 Å². The Morgan fingerprint density at radius 1 is 1.30 bits per heavy atom. The molecule has 0 aliphatic heterocycles. The van der Waals surface area contributed by atoms with E-state index in [4.69, 9.17) is 17.3 Å². The molecule has 0 fully saturated rings. The Bertz CT molecular complexity index is 467. The van der Waals surface area contributed by atoms with Crippen molar-refractivity contribution in [3.05, 3.63) is 34.9 Å². The second-order valence-electron chi connectivity index (χ2n) is 4.28. The minimum atomic E-state index is -0.621. The number of halogens is 1. The van der Waals surface area contributed by atoms with E-state index in [-0.39, 0.29) is 6.54 Å². The molecular formula is C13H19ClN4O2. The molecule has 1 rings (SSSR count). The summed E-state index contributed by atoms with van der Waals surface area (Å²) in [5.74, 6) is -0.417. The lowest BCUT2D eigenvalue weighted by molar-refractivity contribution is -0.123. The zero-order valence-corrected chi connectivity index (χ0v) is 12.0. The molecule has 0 aromatic heterocycles. The summed E-state index contributed by atoms with van der Waals surface area (Å²) in [6.07, 6.45) is 1.36. The molecule has 0 heterocycles. The van der Waals surface area contributed by atoms with Crippen LogP contribution >= 0.6 is 11.6 Å². The molecule has 0 radical (unpaired) electrons. The van der Waals surface area contributed by atoms with Gasteiger partial charge in [0.1, 0.15) is 0 Å². The summed E-state index contributed by atoms with van der Waals surface area (Å²) >= 11 is 5.95. The Balaban J connectivity index is 2.31. The molecule has 0 unspecified atom stereocenters. The number of hydrogen-bond acceptors (Lipinski definition) is 3. The summed E-state index contributed by atoms with van der Waals surface area (Å²) in [5, 5.41) is 3.15. The van der Waals surface area contributed by atoms with Gasteiger partial charge in [-0.1, -0.05) is 43.1 Å². The minimum Gasteiger partial charge on any atom is -0.333 e. The zero-order valence-electron chi connectivity index (χ0n) is 11.3. The second kappa shape index (κ2) is 8.39. The van der Waals surface area contributed by atoms with Crippen LogP contribution in [0, 0.1) is 0 Å². The smallest absolute Gasteiger partial charge is 0.333 e. The summed E-state index contributed by atoms with van der Waals surface area (Å²) in [5.41, 5.74) is 10.9. The molecule has 110 valence electrons. The van der Waals surface area contributed by atoms with Crippen LogP contribution in [0.25, 0.3) is 0 Å². The molecule has 0 aliphatic carbocycles. The SMILES string of the molecule is CCC[C@@H](N)C(=O)NNC(=O)NCc1ccccc1Cl. The van der Waals surface area contributed by atoms with Gasteiger partial charge in [0.2, 0.25) is 0 Å². The van der Waals surface area contributed by atoms with Gasteiger partial charge in [0, 0.05) is 11.6 Å². The molecule has 0 spiro atoms. The third-order valence-corrected chi connectivity index (χ3v) is 3.00. The quantitative estimate of drug-likeness (QED) is 0.617. The van der Waals surface area contributed by atoms with Crippen molar-refractivity contribution in [1.82, 2.24) is 16.2 Å². The minimum absolute atomic E-state index is 0.266. The average molecular weight is 299 g/mol. The van der Waals surface area contributed by atoms with Gasteiger partial charge in [-0.3, -0.25) is 10.2 Å². The first-order valence-electron chi connectivity index (χ1n) is 6.37. The molecule has 6 nitrogen and oxygen atoms in total. The van der Waals surface area contributed by atoms with Crippen LogP contribution < -0.4 is 21.9 Å². The summed E-state index contributed by atoms with van der Waals surface area (Å²) in [4.78, 5) is 23.0. The topological polar surface area (TPSA) is 96.2 Å². The summed E-state index contributed by atoms with van der Waals surface area (Å²) < 4.78 is 0. The van der Waals surface area contributed by atoms with Gasteiger partial charge >= 0.3 is 6.03 Å². The number of benzene rings is 1. The average Bonchev–Trinajstić information content (AvgIpc) is 2.44. The van der Waals surface area contributed by atoms with Crippen molar-refractivity contribution in [1.29, 1.82) is 0 Å². The first kappa shape index (κ1) is 16.3. The standard InChI is InChI=1S/C13H19ClN4O2/c1-2-5-11(15)12(19)17-18-13(20)16-8-9-6-3-4-7-10(9)14/h3-4,6-7,11H,2,5,8,15H2,1H3,(H,17,19)(H2,16,18,20)/t11-/m1/s1. The Kier molecular flexibility index (Phi) is 6.83. The number of urea groups is 1. The number of hydrogen-bond donors (Lipinski definition) is 4. The van der Waals surface area contributed by atoms with Crippen LogP contribution in [0.3, 0.4) is 0 Å². The van der Waals surface area contributed by atoms with Gasteiger partial charge in [-0.15, -0.1) is 0 Å². The van der Waals surface area contributed by atoms with Crippen molar-refractivity contribution < 1.29 is 9.59 Å². The third-order valence-electron chi connectivity index (χ3n) is 2.63. The van der Waals surface area contributed by atoms with E-state index >= 15 is 0 Å². The van der Waals surface area contributed by atoms with Crippen LogP contribution in [-0.2, 0) is 11.3 Å². The fourth-order valence-corrected chi connectivity index (χ4v) is 1.72. The highest BCUT2D eigenvalue weighted by Gasteiger charge is 2.12. The Labute approximate surface area is 123 Å². The molecule has 1 atom stereocenters. The fraction of sp³-hybridized carbons (Fsp3) is 0.385.